The van der Waals surface area contributed by atoms with Crippen molar-refractivity contribution in [2.45, 2.75) is 207 Å². The normalized spacial score (nSPS) is 12.4. The van der Waals surface area contributed by atoms with Crippen LogP contribution in [0.5, 0.6) is 0 Å². The fourth-order valence-electron chi connectivity index (χ4n) is 6.05. The molecular weight excluding hydrogens is 448 g/mol. The fourth-order valence-corrected chi connectivity index (χ4v) is 6.05. The quantitative estimate of drug-likeness (QED) is 0.0805. The summed E-state index contributed by atoms with van der Waals surface area (Å²) < 4.78 is 2.50. The Hall–Kier alpha value is -0.790. The highest BCUT2D eigenvalue weighted by Crippen LogP contribution is 2.26. The molecule has 0 radical (unpaired) electrons. The Bertz CT molecular complexity index is 563. The summed E-state index contributed by atoms with van der Waals surface area (Å²) >= 11 is 0. The molecule has 2 nitrogen and oxygen atoms in total. The second kappa shape index (κ2) is 26.8. The number of nitrogens with zero attached hydrogens (tertiary/aromatic N) is 1. The first-order valence-corrected chi connectivity index (χ1v) is 17.4. The lowest BCUT2D eigenvalue weighted by Crippen LogP contribution is -2.37. The van der Waals surface area contributed by atoms with Crippen LogP contribution in [-0.4, -0.2) is 4.98 Å². The monoisotopic (exact) mass is 518 g/mol. The van der Waals surface area contributed by atoms with Crippen LogP contribution in [-0.2, 0) is 6.54 Å². The molecule has 2 heteroatoms. The third-order valence-corrected chi connectivity index (χ3v) is 8.46. The molecule has 0 aliphatic carbocycles. The summed E-state index contributed by atoms with van der Waals surface area (Å²) in [6.07, 6.45) is 43.1. The molecular formula is C35H69N2+. The second-order valence-electron chi connectivity index (χ2n) is 12.1. The Morgan fingerprint density at radius 1 is 0.486 bits per heavy atom. The van der Waals surface area contributed by atoms with Crippen LogP contribution in [0.1, 0.15) is 206 Å². The van der Waals surface area contributed by atoms with E-state index in [-0.39, 0.29) is 0 Å². The van der Waals surface area contributed by atoms with Gasteiger partial charge in [0.2, 0.25) is 0 Å². The molecule has 0 fully saturated rings. The zero-order valence-electron chi connectivity index (χ0n) is 26.0. The number of aromatic amines is 1. The Kier molecular flexibility index (Phi) is 24.8. The molecule has 1 atom stereocenters. The lowest BCUT2D eigenvalue weighted by molar-refractivity contribution is -0.704. The van der Waals surface area contributed by atoms with Crippen LogP contribution in [0.15, 0.2) is 12.4 Å². The number of aromatic nitrogens is 2. The van der Waals surface area contributed by atoms with Gasteiger partial charge in [-0.3, -0.25) is 0 Å². The number of aryl methyl sites for hydroxylation is 1. The molecule has 37 heavy (non-hydrogen) atoms. The van der Waals surface area contributed by atoms with Gasteiger partial charge in [-0.15, -0.1) is 0 Å². The summed E-state index contributed by atoms with van der Waals surface area (Å²) in [7, 11) is 0. The summed E-state index contributed by atoms with van der Waals surface area (Å²) in [6, 6.07) is 0. The van der Waals surface area contributed by atoms with Gasteiger partial charge in [-0.25, -0.2) is 9.55 Å². The van der Waals surface area contributed by atoms with Crippen LogP contribution in [0.4, 0.5) is 0 Å². The fraction of sp³-hybridized carbons (Fsp3) is 0.914. The average Bonchev–Trinajstić information content (AvgIpc) is 3.37. The Morgan fingerprint density at radius 2 is 0.838 bits per heavy atom. The first-order chi connectivity index (χ1) is 18.3. The third-order valence-electron chi connectivity index (χ3n) is 8.46. The summed E-state index contributed by atoms with van der Waals surface area (Å²) in [5.74, 6) is 2.24. The number of nitrogens with one attached hydrogen (secondary N) is 1. The standard InChI is InChI=1S/C35H68N2/c1-4-7-9-11-13-15-16-17-18-19-20-21-22-24-26-28-30-34(35-36-31-33-37(35)32-6-3)29-27-25-23-14-12-10-8-5-2/h31,33-34H,4-30,32H2,1-3H3/p+1/t34-/m0/s1. The maximum Gasteiger partial charge on any atom is 0.257 e. The zero-order chi connectivity index (χ0) is 26.7. The van der Waals surface area contributed by atoms with Crippen LogP contribution in [0, 0.1) is 0 Å². The van der Waals surface area contributed by atoms with Crippen molar-refractivity contribution in [3.05, 3.63) is 18.2 Å². The minimum atomic E-state index is 0.730. The molecule has 1 heterocycles. The average molecular weight is 518 g/mol. The smallest absolute Gasteiger partial charge is 0.247 e. The Balaban J connectivity index is 2.10. The van der Waals surface area contributed by atoms with Gasteiger partial charge in [0.05, 0.1) is 12.5 Å². The summed E-state index contributed by atoms with van der Waals surface area (Å²) in [4.78, 5) is 3.63. The van der Waals surface area contributed by atoms with E-state index in [0.29, 0.717) is 0 Å². The SMILES string of the molecule is CCCCCCCCCCCCCCCCCC[C@H](CCCCCCCCCC)c1[nH]cc[n+]1CCC. The van der Waals surface area contributed by atoms with Gasteiger partial charge in [-0.05, 0) is 19.3 Å². The predicted molar refractivity (Wildman–Crippen MR) is 165 cm³/mol. The molecule has 218 valence electrons. The van der Waals surface area contributed by atoms with Crippen LogP contribution in [0.2, 0.25) is 0 Å². The highest BCUT2D eigenvalue weighted by Gasteiger charge is 2.22. The Morgan fingerprint density at radius 3 is 1.19 bits per heavy atom. The maximum atomic E-state index is 3.63. The molecule has 0 bridgehead atoms. The molecule has 0 saturated carbocycles. The van der Waals surface area contributed by atoms with Crippen LogP contribution < -0.4 is 4.57 Å². The van der Waals surface area contributed by atoms with Crippen molar-refractivity contribution in [1.29, 1.82) is 0 Å². The molecule has 1 N–H and O–H groups in total. The minimum absolute atomic E-state index is 0.730. The summed E-state index contributed by atoms with van der Waals surface area (Å²) in [6.45, 7) is 8.07. The Labute approximate surface area is 234 Å². The molecule has 0 aliphatic heterocycles. The number of hydrogen-bond acceptors (Lipinski definition) is 0. The highest BCUT2D eigenvalue weighted by molar-refractivity contribution is 4.90. The number of unbranched alkanes of at least 4 members (excludes halogenated alkanes) is 22. The largest absolute Gasteiger partial charge is 0.257 e. The van der Waals surface area contributed by atoms with Crippen molar-refractivity contribution < 1.29 is 4.57 Å². The van der Waals surface area contributed by atoms with E-state index in [9.17, 15) is 0 Å². The summed E-state index contributed by atoms with van der Waals surface area (Å²) in [5, 5.41) is 0. The first kappa shape index (κ1) is 34.2. The van der Waals surface area contributed by atoms with Gasteiger partial charge in [0, 0.05) is 0 Å². The van der Waals surface area contributed by atoms with E-state index in [2.05, 4.69) is 42.7 Å². The highest BCUT2D eigenvalue weighted by atomic mass is 15.1. The number of rotatable bonds is 29. The van der Waals surface area contributed by atoms with Gasteiger partial charge in [0.15, 0.2) is 0 Å². The summed E-state index contributed by atoms with van der Waals surface area (Å²) in [5.41, 5.74) is 0. The van der Waals surface area contributed by atoms with E-state index in [1.807, 2.05) is 0 Å². The third kappa shape index (κ3) is 19.9. The van der Waals surface area contributed by atoms with Crippen LogP contribution in [0.3, 0.4) is 0 Å². The molecule has 0 spiro atoms. The van der Waals surface area contributed by atoms with Crippen molar-refractivity contribution in [3.8, 4) is 0 Å². The van der Waals surface area contributed by atoms with Gasteiger partial charge in [0.1, 0.15) is 12.4 Å². The van der Waals surface area contributed by atoms with E-state index < -0.39 is 0 Å². The van der Waals surface area contributed by atoms with Gasteiger partial charge < -0.3 is 0 Å². The van der Waals surface area contributed by atoms with Gasteiger partial charge in [0.25, 0.3) is 5.82 Å². The number of imidazole rings is 1. The van der Waals surface area contributed by atoms with Crippen LogP contribution in [0.25, 0.3) is 0 Å². The maximum absolute atomic E-state index is 3.63. The van der Waals surface area contributed by atoms with Gasteiger partial charge >= 0.3 is 0 Å². The van der Waals surface area contributed by atoms with Crippen molar-refractivity contribution in [1.82, 2.24) is 4.98 Å². The van der Waals surface area contributed by atoms with Crippen LogP contribution >= 0.6 is 0 Å². The van der Waals surface area contributed by atoms with E-state index in [1.54, 1.807) is 0 Å². The van der Waals surface area contributed by atoms with Gasteiger partial charge in [-0.1, -0.05) is 175 Å². The number of H-pyrrole nitrogens is 1. The molecule has 0 aliphatic rings. The van der Waals surface area contributed by atoms with E-state index in [0.717, 1.165) is 12.5 Å². The van der Waals surface area contributed by atoms with E-state index in [4.69, 9.17) is 0 Å². The topological polar surface area (TPSA) is 19.7 Å². The molecule has 1 rings (SSSR count). The number of hydrogen-bond donors (Lipinski definition) is 1. The molecule has 0 amide bonds. The predicted octanol–water partition coefficient (Wildman–Crippen LogP) is 12.0. The molecule has 0 saturated heterocycles. The first-order valence-electron chi connectivity index (χ1n) is 17.4. The molecule has 1 aromatic heterocycles. The molecule has 1 aromatic rings. The second-order valence-corrected chi connectivity index (χ2v) is 12.1. The van der Waals surface area contributed by atoms with Crippen molar-refractivity contribution >= 4 is 0 Å². The lowest BCUT2D eigenvalue weighted by Gasteiger charge is -2.14. The van der Waals surface area contributed by atoms with Crippen molar-refractivity contribution in [2.24, 2.45) is 0 Å². The van der Waals surface area contributed by atoms with Crippen molar-refractivity contribution in [3.63, 3.8) is 0 Å². The van der Waals surface area contributed by atoms with E-state index >= 15 is 0 Å². The zero-order valence-corrected chi connectivity index (χ0v) is 26.0. The molecule has 0 unspecified atom stereocenters. The van der Waals surface area contributed by atoms with E-state index in [1.165, 1.54) is 179 Å². The lowest BCUT2D eigenvalue weighted by atomic mass is 9.93. The molecule has 0 aromatic carbocycles. The minimum Gasteiger partial charge on any atom is -0.247 e. The van der Waals surface area contributed by atoms with Gasteiger partial charge in [-0.2, -0.15) is 0 Å². The van der Waals surface area contributed by atoms with Crippen molar-refractivity contribution in [2.75, 3.05) is 0 Å².